The number of fused-ring (bicyclic) bond motifs is 3. The van der Waals surface area contributed by atoms with Gasteiger partial charge in [-0.3, -0.25) is 28.9 Å². The molecule has 5 N–H and O–H groups in total. The van der Waals surface area contributed by atoms with E-state index in [0.29, 0.717) is 30.1 Å². The van der Waals surface area contributed by atoms with Crippen LogP contribution < -0.4 is 16.0 Å². The summed E-state index contributed by atoms with van der Waals surface area (Å²) in [6.45, 7) is 5.08. The zero-order valence-corrected chi connectivity index (χ0v) is 23.3. The number of aliphatic hydroxyl groups is 1. The molecule has 0 heterocycles. The van der Waals surface area contributed by atoms with E-state index in [-0.39, 0.29) is 24.2 Å². The van der Waals surface area contributed by atoms with Gasteiger partial charge in [0, 0.05) is 37.8 Å². The van der Waals surface area contributed by atoms with E-state index >= 15 is 0 Å². The van der Waals surface area contributed by atoms with E-state index in [1.807, 2.05) is 38.9 Å². The fraction of sp³-hybridized carbons (Fsp3) is 0.607. The molecule has 212 valence electrons. The number of ketones is 4. The van der Waals surface area contributed by atoms with Crippen molar-refractivity contribution < 1.29 is 34.2 Å². The Morgan fingerprint density at radius 2 is 1.79 bits per heavy atom. The van der Waals surface area contributed by atoms with Gasteiger partial charge in [-0.25, -0.2) is 0 Å². The highest BCUT2D eigenvalue weighted by molar-refractivity contribution is 6.32. The Balaban J connectivity index is 1.84. The van der Waals surface area contributed by atoms with Crippen LogP contribution in [-0.2, 0) is 32.1 Å². The number of nitrogens with two attached hydrogens (primary N) is 1. The summed E-state index contributed by atoms with van der Waals surface area (Å²) in [7, 11) is 6.77. The first-order chi connectivity index (χ1) is 18.1. The monoisotopic (exact) mass is 542 g/mol. The number of amides is 1. The van der Waals surface area contributed by atoms with Gasteiger partial charge >= 0.3 is 0 Å². The number of likely N-dealkylation sites (N-methyl/N-ethyl adjacent to an activating group) is 1. The van der Waals surface area contributed by atoms with Crippen molar-refractivity contribution in [3.05, 3.63) is 22.8 Å². The number of hydrogen-bond donors (Lipinski definition) is 4. The lowest BCUT2D eigenvalue weighted by atomic mass is 9.52. The smallest absolute Gasteiger partial charge is 0.235 e. The molecule has 1 aromatic rings. The summed E-state index contributed by atoms with van der Waals surface area (Å²) in [5.74, 6) is -10.0. The third kappa shape index (κ3) is 4.36. The van der Waals surface area contributed by atoms with Gasteiger partial charge in [0.25, 0.3) is 0 Å². The van der Waals surface area contributed by atoms with E-state index in [9.17, 15) is 34.2 Å². The maximum absolute atomic E-state index is 14.0. The summed E-state index contributed by atoms with van der Waals surface area (Å²) in [5.41, 5.74) is 4.44. The summed E-state index contributed by atoms with van der Waals surface area (Å²) in [6.07, 6.45) is 0.252. The number of anilines is 1. The Morgan fingerprint density at radius 1 is 1.15 bits per heavy atom. The number of benzene rings is 1. The highest BCUT2D eigenvalue weighted by atomic mass is 16.3. The Bertz CT molecular complexity index is 1260. The standard InChI is InChI=1S/C28H38N4O7/c1-12(2)10-30-11-14-9-17(31(3)4)15-7-13-8-16-21(32(5)6)24(35)20(27(29)38)26(37)28(16,39)25(36)18(13)23(34)19(15)22(14)33/h9,12-13,16,18,20-21,30,33,39H,7-8,10-11H2,1-6H3,(H2,29,38)/t13-,16-,18?,20?,21-,28-/m0/s1. The second kappa shape index (κ2) is 10.1. The summed E-state index contributed by atoms with van der Waals surface area (Å²) in [6, 6.07) is 0.701. The van der Waals surface area contributed by atoms with Crippen LogP contribution in [0.4, 0.5) is 5.69 Å². The lowest BCUT2D eigenvalue weighted by Crippen LogP contribution is -2.74. The third-order valence-corrected chi connectivity index (χ3v) is 8.47. The predicted molar refractivity (Wildman–Crippen MR) is 142 cm³/mol. The van der Waals surface area contributed by atoms with E-state index in [0.717, 1.165) is 5.69 Å². The fourth-order valence-corrected chi connectivity index (χ4v) is 6.74. The van der Waals surface area contributed by atoms with Crippen LogP contribution in [0.15, 0.2) is 6.07 Å². The number of primary amides is 1. The van der Waals surface area contributed by atoms with Gasteiger partial charge in [0.1, 0.15) is 5.75 Å². The van der Waals surface area contributed by atoms with E-state index in [1.54, 1.807) is 14.1 Å². The predicted octanol–water partition coefficient (Wildman–Crippen LogP) is -0.321. The lowest BCUT2D eigenvalue weighted by molar-refractivity contribution is -0.181. The molecule has 39 heavy (non-hydrogen) atoms. The largest absolute Gasteiger partial charge is 0.507 e. The first-order valence-corrected chi connectivity index (χ1v) is 13.2. The van der Waals surface area contributed by atoms with Gasteiger partial charge in [-0.2, -0.15) is 0 Å². The van der Waals surface area contributed by atoms with Crippen molar-refractivity contribution in [2.75, 3.05) is 39.6 Å². The summed E-state index contributed by atoms with van der Waals surface area (Å²) < 4.78 is 0. The van der Waals surface area contributed by atoms with Crippen LogP contribution in [-0.4, -0.2) is 90.5 Å². The molecule has 0 bridgehead atoms. The van der Waals surface area contributed by atoms with Crippen LogP contribution in [0.5, 0.6) is 5.75 Å². The number of hydrogen-bond acceptors (Lipinski definition) is 10. The number of nitrogens with zero attached hydrogens (tertiary/aromatic N) is 2. The van der Waals surface area contributed by atoms with Crippen molar-refractivity contribution in [1.82, 2.24) is 10.2 Å². The summed E-state index contributed by atoms with van der Waals surface area (Å²) in [5, 5.41) is 26.2. The van der Waals surface area contributed by atoms with E-state index in [2.05, 4.69) is 5.32 Å². The van der Waals surface area contributed by atoms with Crippen LogP contribution in [0.1, 0.15) is 41.8 Å². The molecule has 11 nitrogen and oxygen atoms in total. The normalized spacial score (nSPS) is 30.3. The Morgan fingerprint density at radius 3 is 2.33 bits per heavy atom. The molecule has 2 unspecified atom stereocenters. The van der Waals surface area contributed by atoms with Gasteiger partial charge in [0.2, 0.25) is 5.91 Å². The molecular formula is C28H38N4O7. The van der Waals surface area contributed by atoms with E-state index in [1.165, 1.54) is 4.90 Å². The SMILES string of the molecule is CC(C)CNCc1cc(N(C)C)c2c(c1O)C(=O)C1C(=O)[C@]3(O)C(=O)C(C(N)=O)C(=O)[C@@H](N(C)C)[C@@H]3C[C@@H]1C2. The minimum absolute atomic E-state index is 0.00847. The molecule has 0 radical (unpaired) electrons. The second-order valence-corrected chi connectivity index (χ2v) is 12.0. The molecular weight excluding hydrogens is 504 g/mol. The van der Waals surface area contributed by atoms with Gasteiger partial charge in [-0.1, -0.05) is 13.8 Å². The number of carbonyl (C=O) groups is 5. The number of aromatic hydroxyl groups is 1. The van der Waals surface area contributed by atoms with Crippen LogP contribution in [0, 0.1) is 29.6 Å². The molecule has 1 aromatic carbocycles. The first kappa shape index (κ1) is 28.8. The summed E-state index contributed by atoms with van der Waals surface area (Å²) in [4.78, 5) is 70.0. The highest BCUT2D eigenvalue weighted by Crippen LogP contribution is 2.52. The minimum atomic E-state index is -2.73. The van der Waals surface area contributed by atoms with Gasteiger partial charge in [-0.05, 0) is 56.9 Å². The molecule has 1 amide bonds. The van der Waals surface area contributed by atoms with Crippen molar-refractivity contribution in [2.24, 2.45) is 35.3 Å². The topological polar surface area (TPSA) is 170 Å². The van der Waals surface area contributed by atoms with Crippen molar-refractivity contribution in [3.63, 3.8) is 0 Å². The van der Waals surface area contributed by atoms with Crippen molar-refractivity contribution in [1.29, 1.82) is 0 Å². The maximum atomic E-state index is 14.0. The number of carbonyl (C=O) groups excluding carboxylic acids is 5. The van der Waals surface area contributed by atoms with Crippen LogP contribution >= 0.6 is 0 Å². The first-order valence-electron chi connectivity index (χ1n) is 13.2. The average Bonchev–Trinajstić information content (AvgIpc) is 2.81. The number of phenolic OH excluding ortho intramolecular Hbond substituents is 1. The molecule has 0 aromatic heterocycles. The van der Waals surface area contributed by atoms with Crippen LogP contribution in [0.3, 0.4) is 0 Å². The maximum Gasteiger partial charge on any atom is 0.235 e. The van der Waals surface area contributed by atoms with Gasteiger partial charge < -0.3 is 26.2 Å². The molecule has 0 saturated heterocycles. The van der Waals surface area contributed by atoms with Gasteiger partial charge in [0.05, 0.1) is 17.5 Å². The van der Waals surface area contributed by atoms with Crippen molar-refractivity contribution in [2.45, 2.75) is 44.9 Å². The molecule has 0 aliphatic heterocycles. The van der Waals surface area contributed by atoms with Gasteiger partial charge in [-0.15, -0.1) is 0 Å². The lowest BCUT2D eigenvalue weighted by Gasteiger charge is -2.52. The minimum Gasteiger partial charge on any atom is -0.507 e. The molecule has 2 saturated carbocycles. The Hall–Kier alpha value is -3.15. The van der Waals surface area contributed by atoms with Gasteiger partial charge in [0.15, 0.2) is 34.7 Å². The Labute approximate surface area is 227 Å². The highest BCUT2D eigenvalue weighted by Gasteiger charge is 2.69. The number of rotatable bonds is 7. The van der Waals surface area contributed by atoms with Crippen LogP contribution in [0.25, 0.3) is 0 Å². The number of Topliss-reactive ketones (excluding diaryl/α,β-unsaturated/α-hetero) is 4. The third-order valence-electron chi connectivity index (χ3n) is 8.47. The molecule has 3 aliphatic rings. The van der Waals surface area contributed by atoms with Crippen molar-refractivity contribution >= 4 is 34.7 Å². The molecule has 4 rings (SSSR count). The average molecular weight is 543 g/mol. The number of nitrogens with one attached hydrogen (secondary N) is 1. The van der Waals surface area contributed by atoms with Crippen molar-refractivity contribution in [3.8, 4) is 5.75 Å². The molecule has 2 fully saturated rings. The fourth-order valence-electron chi connectivity index (χ4n) is 6.74. The van der Waals surface area contributed by atoms with E-state index < -0.39 is 64.4 Å². The number of phenols is 1. The molecule has 11 heteroatoms. The molecule has 6 atom stereocenters. The second-order valence-electron chi connectivity index (χ2n) is 12.0. The zero-order chi connectivity index (χ0) is 29.1. The summed E-state index contributed by atoms with van der Waals surface area (Å²) >= 11 is 0. The molecule has 3 aliphatic carbocycles. The Kier molecular flexibility index (Phi) is 7.48. The van der Waals surface area contributed by atoms with Crippen LogP contribution in [0.2, 0.25) is 0 Å². The zero-order valence-electron chi connectivity index (χ0n) is 23.3. The van der Waals surface area contributed by atoms with E-state index in [4.69, 9.17) is 5.73 Å². The molecule has 0 spiro atoms. The quantitative estimate of drug-likeness (QED) is 0.335.